The molecule has 0 bridgehead atoms. The summed E-state index contributed by atoms with van der Waals surface area (Å²) in [5.74, 6) is 0.713. The van der Waals surface area contributed by atoms with Gasteiger partial charge < -0.3 is 10.6 Å². The molecule has 0 aliphatic carbocycles. The molecule has 0 saturated heterocycles. The summed E-state index contributed by atoms with van der Waals surface area (Å²) in [5, 5.41) is 6.15. The molecule has 6 heteroatoms. The molecule has 94 valence electrons. The van der Waals surface area contributed by atoms with Gasteiger partial charge in [0.15, 0.2) is 0 Å². The van der Waals surface area contributed by atoms with Crippen molar-refractivity contribution >= 4 is 23.3 Å². The number of hydrogen-bond donors (Lipinski definition) is 2. The topological polar surface area (TPSA) is 66.9 Å². The number of carbonyl (C=O) groups excluding carboxylic acids is 1. The number of nitrogens with zero attached hydrogens (tertiary/aromatic N) is 2. The van der Waals surface area contributed by atoms with E-state index in [1.807, 2.05) is 0 Å². The van der Waals surface area contributed by atoms with Gasteiger partial charge in [-0.1, -0.05) is 24.9 Å². The zero-order valence-electron chi connectivity index (χ0n) is 10.1. The third-order valence-corrected chi connectivity index (χ3v) is 2.64. The molecule has 0 aliphatic heterocycles. The molecule has 1 amide bonds. The molecule has 17 heavy (non-hydrogen) atoms. The van der Waals surface area contributed by atoms with Gasteiger partial charge in [-0.2, -0.15) is 0 Å². The van der Waals surface area contributed by atoms with E-state index in [4.69, 9.17) is 11.6 Å². The van der Waals surface area contributed by atoms with Crippen molar-refractivity contribution in [3.63, 3.8) is 0 Å². The minimum Gasteiger partial charge on any atom is -0.369 e. The van der Waals surface area contributed by atoms with Gasteiger partial charge in [0, 0.05) is 25.6 Å². The summed E-state index contributed by atoms with van der Waals surface area (Å²) >= 11 is 6.01. The first kappa shape index (κ1) is 13.7. The Labute approximate surface area is 106 Å². The van der Waals surface area contributed by atoms with E-state index in [9.17, 15) is 4.79 Å². The molecule has 0 unspecified atom stereocenters. The van der Waals surface area contributed by atoms with E-state index in [0.29, 0.717) is 18.1 Å². The lowest BCUT2D eigenvalue weighted by Crippen LogP contribution is -2.21. The number of aromatic nitrogens is 2. The van der Waals surface area contributed by atoms with E-state index in [1.165, 1.54) is 6.33 Å². The van der Waals surface area contributed by atoms with E-state index in [0.717, 1.165) is 24.2 Å². The van der Waals surface area contributed by atoms with Crippen molar-refractivity contribution in [1.29, 1.82) is 0 Å². The van der Waals surface area contributed by atoms with Gasteiger partial charge in [0.2, 0.25) is 5.91 Å². The van der Waals surface area contributed by atoms with Crippen LogP contribution in [0, 0.1) is 0 Å². The number of halogens is 1. The summed E-state index contributed by atoms with van der Waals surface area (Å²) in [6.07, 6.45) is 3.62. The third kappa shape index (κ3) is 4.19. The normalized spacial score (nSPS) is 10.1. The summed E-state index contributed by atoms with van der Waals surface area (Å²) in [7, 11) is 1.62. The molecule has 2 N–H and O–H groups in total. The summed E-state index contributed by atoms with van der Waals surface area (Å²) in [6, 6.07) is 0. The van der Waals surface area contributed by atoms with Gasteiger partial charge in [-0.25, -0.2) is 9.97 Å². The Morgan fingerprint density at radius 1 is 1.47 bits per heavy atom. The second-order valence-corrected chi connectivity index (χ2v) is 3.95. The quantitative estimate of drug-likeness (QED) is 0.760. The first-order valence-corrected chi connectivity index (χ1v) is 6.00. The fourth-order valence-corrected chi connectivity index (χ4v) is 1.66. The maximum absolute atomic E-state index is 11.1. The molecule has 0 aromatic carbocycles. The number of rotatable bonds is 6. The lowest BCUT2D eigenvalue weighted by molar-refractivity contribution is -0.120. The molecule has 1 heterocycles. The average molecular weight is 257 g/mol. The van der Waals surface area contributed by atoms with Crippen LogP contribution in [0.25, 0.3) is 0 Å². The summed E-state index contributed by atoms with van der Waals surface area (Å²) in [5.41, 5.74) is 0.911. The highest BCUT2D eigenvalue weighted by Gasteiger charge is 2.08. The third-order valence-electron chi connectivity index (χ3n) is 2.32. The molecule has 0 radical (unpaired) electrons. The monoisotopic (exact) mass is 256 g/mol. The number of nitrogens with one attached hydrogen (secondary N) is 2. The maximum Gasteiger partial charge on any atom is 0.221 e. The van der Waals surface area contributed by atoms with E-state index >= 15 is 0 Å². The predicted octanol–water partition coefficient (Wildman–Crippen LogP) is 1.63. The highest BCUT2D eigenvalue weighted by molar-refractivity contribution is 6.30. The van der Waals surface area contributed by atoms with Crippen LogP contribution in [0.1, 0.15) is 25.3 Å². The van der Waals surface area contributed by atoms with Crippen LogP contribution >= 0.6 is 11.6 Å². The van der Waals surface area contributed by atoms with Crippen LogP contribution in [0.4, 0.5) is 5.82 Å². The first-order chi connectivity index (χ1) is 8.19. The largest absolute Gasteiger partial charge is 0.369 e. The second kappa shape index (κ2) is 7.06. The van der Waals surface area contributed by atoms with Gasteiger partial charge >= 0.3 is 0 Å². The Morgan fingerprint density at radius 2 is 2.24 bits per heavy atom. The van der Waals surface area contributed by atoms with Crippen molar-refractivity contribution in [3.8, 4) is 0 Å². The Bertz CT molecular complexity index is 384. The minimum atomic E-state index is -0.00491. The fourth-order valence-electron chi connectivity index (χ4n) is 1.43. The Hall–Kier alpha value is -1.36. The Kier molecular flexibility index (Phi) is 5.69. The zero-order chi connectivity index (χ0) is 12.7. The molecule has 0 saturated carbocycles. The average Bonchev–Trinajstić information content (AvgIpc) is 2.33. The first-order valence-electron chi connectivity index (χ1n) is 5.62. The van der Waals surface area contributed by atoms with Gasteiger partial charge in [0.1, 0.15) is 17.3 Å². The van der Waals surface area contributed by atoms with E-state index < -0.39 is 0 Å². The van der Waals surface area contributed by atoms with Crippen molar-refractivity contribution in [2.75, 3.05) is 18.9 Å². The Morgan fingerprint density at radius 3 is 2.88 bits per heavy atom. The van der Waals surface area contributed by atoms with Crippen LogP contribution < -0.4 is 10.6 Å². The van der Waals surface area contributed by atoms with E-state index in [1.54, 1.807) is 7.05 Å². The molecular weight excluding hydrogens is 240 g/mol. The molecule has 0 spiro atoms. The molecule has 1 aromatic rings. The van der Waals surface area contributed by atoms with Gasteiger partial charge in [0.05, 0.1) is 0 Å². The van der Waals surface area contributed by atoms with Gasteiger partial charge in [-0.05, 0) is 6.42 Å². The molecular formula is C11H17ClN4O. The van der Waals surface area contributed by atoms with Crippen LogP contribution in [-0.2, 0) is 11.2 Å². The standard InChI is InChI=1S/C11H17ClN4O/c1-3-4-8-10(12)15-7-16-11(8)14-6-5-9(17)13-2/h7H,3-6H2,1-2H3,(H,13,17)(H,14,15,16). The zero-order valence-corrected chi connectivity index (χ0v) is 10.8. The predicted molar refractivity (Wildman–Crippen MR) is 68.2 cm³/mol. The fraction of sp³-hybridized carbons (Fsp3) is 0.545. The summed E-state index contributed by atoms with van der Waals surface area (Å²) < 4.78 is 0. The van der Waals surface area contributed by atoms with Crippen LogP contribution in [0.3, 0.4) is 0 Å². The smallest absolute Gasteiger partial charge is 0.221 e. The van der Waals surface area contributed by atoms with Crippen LogP contribution in [-0.4, -0.2) is 29.5 Å². The van der Waals surface area contributed by atoms with E-state index in [2.05, 4.69) is 27.5 Å². The van der Waals surface area contributed by atoms with Crippen LogP contribution in [0.15, 0.2) is 6.33 Å². The van der Waals surface area contributed by atoms with Crippen molar-refractivity contribution in [3.05, 3.63) is 17.0 Å². The van der Waals surface area contributed by atoms with Gasteiger partial charge in [0.25, 0.3) is 0 Å². The Balaban J connectivity index is 2.63. The van der Waals surface area contributed by atoms with Gasteiger partial charge in [-0.3, -0.25) is 4.79 Å². The summed E-state index contributed by atoms with van der Waals surface area (Å²) in [6.45, 7) is 2.60. The molecule has 5 nitrogen and oxygen atoms in total. The number of hydrogen-bond acceptors (Lipinski definition) is 4. The SMILES string of the molecule is CCCc1c(Cl)ncnc1NCCC(=O)NC. The van der Waals surface area contributed by atoms with E-state index in [-0.39, 0.29) is 5.91 Å². The minimum absolute atomic E-state index is 0.00491. The van der Waals surface area contributed by atoms with Crippen LogP contribution in [0.2, 0.25) is 5.15 Å². The van der Waals surface area contributed by atoms with Crippen molar-refractivity contribution in [2.24, 2.45) is 0 Å². The molecule has 1 rings (SSSR count). The lowest BCUT2D eigenvalue weighted by Gasteiger charge is -2.10. The second-order valence-electron chi connectivity index (χ2n) is 3.59. The van der Waals surface area contributed by atoms with Gasteiger partial charge in [-0.15, -0.1) is 0 Å². The van der Waals surface area contributed by atoms with Crippen molar-refractivity contribution < 1.29 is 4.79 Å². The highest BCUT2D eigenvalue weighted by atomic mass is 35.5. The number of anilines is 1. The lowest BCUT2D eigenvalue weighted by atomic mass is 10.2. The molecule has 0 fully saturated rings. The van der Waals surface area contributed by atoms with Crippen LogP contribution in [0.5, 0.6) is 0 Å². The maximum atomic E-state index is 11.1. The molecule has 1 aromatic heterocycles. The van der Waals surface area contributed by atoms with Crippen molar-refractivity contribution in [1.82, 2.24) is 15.3 Å². The highest BCUT2D eigenvalue weighted by Crippen LogP contribution is 2.21. The summed E-state index contributed by atoms with van der Waals surface area (Å²) in [4.78, 5) is 19.2. The molecule has 0 atom stereocenters. The van der Waals surface area contributed by atoms with Crippen molar-refractivity contribution in [2.45, 2.75) is 26.2 Å². The molecule has 0 aliphatic rings. The number of carbonyl (C=O) groups is 1. The number of amides is 1.